The van der Waals surface area contributed by atoms with Crippen molar-refractivity contribution >= 4 is 5.91 Å². The van der Waals surface area contributed by atoms with Gasteiger partial charge in [0.2, 0.25) is 5.91 Å². The standard InChI is InChI=1S/C11H19N3O/c1-11(15)14-9-7-13(8-10-14)6-4-2-3-5-12/h2-4,6-10H2,1H3. The quantitative estimate of drug-likeness (QED) is 0.645. The Bertz CT molecular complexity index is 239. The maximum Gasteiger partial charge on any atom is 0.219 e. The van der Waals surface area contributed by atoms with Crippen LogP contribution in [0.4, 0.5) is 0 Å². The van der Waals surface area contributed by atoms with Crippen LogP contribution >= 0.6 is 0 Å². The molecule has 15 heavy (non-hydrogen) atoms. The number of nitriles is 1. The molecule has 84 valence electrons. The van der Waals surface area contributed by atoms with E-state index in [1.807, 2.05) is 4.90 Å². The minimum Gasteiger partial charge on any atom is -0.340 e. The van der Waals surface area contributed by atoms with Crippen molar-refractivity contribution in [2.24, 2.45) is 0 Å². The van der Waals surface area contributed by atoms with Crippen molar-refractivity contribution in [3.8, 4) is 6.07 Å². The molecule has 4 heteroatoms. The van der Waals surface area contributed by atoms with Crippen LogP contribution in [-0.2, 0) is 4.79 Å². The molecule has 0 aromatic carbocycles. The number of rotatable bonds is 4. The molecule has 0 bridgehead atoms. The number of carbonyl (C=O) groups is 1. The van der Waals surface area contributed by atoms with E-state index in [0.717, 1.165) is 45.6 Å². The van der Waals surface area contributed by atoms with E-state index in [0.29, 0.717) is 6.42 Å². The van der Waals surface area contributed by atoms with Crippen LogP contribution in [0, 0.1) is 11.3 Å². The lowest BCUT2D eigenvalue weighted by molar-refractivity contribution is -0.130. The second kappa shape index (κ2) is 6.41. The summed E-state index contributed by atoms with van der Waals surface area (Å²) in [6.45, 7) is 6.36. The fourth-order valence-corrected chi connectivity index (χ4v) is 1.83. The van der Waals surface area contributed by atoms with Crippen molar-refractivity contribution in [1.29, 1.82) is 5.26 Å². The molecule has 0 aliphatic carbocycles. The van der Waals surface area contributed by atoms with Gasteiger partial charge < -0.3 is 4.90 Å². The Labute approximate surface area is 91.5 Å². The first-order chi connectivity index (χ1) is 7.24. The van der Waals surface area contributed by atoms with Gasteiger partial charge in [0, 0.05) is 39.5 Å². The van der Waals surface area contributed by atoms with Gasteiger partial charge >= 0.3 is 0 Å². The molecule has 1 aliphatic rings. The molecule has 1 rings (SSSR count). The number of carbonyl (C=O) groups excluding carboxylic acids is 1. The Kier molecular flexibility index (Phi) is 5.13. The van der Waals surface area contributed by atoms with Gasteiger partial charge in [0.15, 0.2) is 0 Å². The number of unbranched alkanes of at least 4 members (excludes halogenated alkanes) is 2. The summed E-state index contributed by atoms with van der Waals surface area (Å²) in [7, 11) is 0. The lowest BCUT2D eigenvalue weighted by atomic mass is 10.2. The van der Waals surface area contributed by atoms with Gasteiger partial charge in [-0.25, -0.2) is 0 Å². The molecular weight excluding hydrogens is 190 g/mol. The predicted molar refractivity (Wildman–Crippen MR) is 58.2 cm³/mol. The summed E-state index contributed by atoms with van der Waals surface area (Å²) in [5.41, 5.74) is 0. The highest BCUT2D eigenvalue weighted by Crippen LogP contribution is 2.04. The van der Waals surface area contributed by atoms with Crippen molar-refractivity contribution in [2.45, 2.75) is 26.2 Å². The smallest absolute Gasteiger partial charge is 0.219 e. The zero-order chi connectivity index (χ0) is 11.1. The highest BCUT2D eigenvalue weighted by molar-refractivity contribution is 5.73. The van der Waals surface area contributed by atoms with Gasteiger partial charge in [0.25, 0.3) is 0 Å². The summed E-state index contributed by atoms with van der Waals surface area (Å²) >= 11 is 0. The molecule has 1 aliphatic heterocycles. The first kappa shape index (κ1) is 12.0. The highest BCUT2D eigenvalue weighted by atomic mass is 16.2. The van der Waals surface area contributed by atoms with Gasteiger partial charge in [0.1, 0.15) is 0 Å². The fraction of sp³-hybridized carbons (Fsp3) is 0.818. The van der Waals surface area contributed by atoms with E-state index < -0.39 is 0 Å². The van der Waals surface area contributed by atoms with E-state index >= 15 is 0 Å². The van der Waals surface area contributed by atoms with Crippen molar-refractivity contribution in [1.82, 2.24) is 9.80 Å². The summed E-state index contributed by atoms with van der Waals surface area (Å²) < 4.78 is 0. The highest BCUT2D eigenvalue weighted by Gasteiger charge is 2.17. The van der Waals surface area contributed by atoms with Crippen LogP contribution in [0.5, 0.6) is 0 Å². The minimum atomic E-state index is 0.180. The van der Waals surface area contributed by atoms with Gasteiger partial charge in [-0.15, -0.1) is 0 Å². The Morgan fingerprint density at radius 2 is 1.93 bits per heavy atom. The molecule has 0 saturated carbocycles. The molecule has 0 radical (unpaired) electrons. The number of hydrogen-bond donors (Lipinski definition) is 0. The van der Waals surface area contributed by atoms with Gasteiger partial charge in [0.05, 0.1) is 6.07 Å². The summed E-state index contributed by atoms with van der Waals surface area (Å²) in [6, 6.07) is 2.16. The molecule has 1 fully saturated rings. The van der Waals surface area contributed by atoms with Crippen LogP contribution in [0.3, 0.4) is 0 Å². The third kappa shape index (κ3) is 4.30. The topological polar surface area (TPSA) is 47.3 Å². The van der Waals surface area contributed by atoms with Crippen LogP contribution in [0.15, 0.2) is 0 Å². The number of hydrogen-bond acceptors (Lipinski definition) is 3. The lowest BCUT2D eigenvalue weighted by Gasteiger charge is -2.34. The summed E-state index contributed by atoms with van der Waals surface area (Å²) in [4.78, 5) is 15.3. The molecule has 0 aromatic rings. The second-order valence-electron chi connectivity index (χ2n) is 3.96. The van der Waals surface area contributed by atoms with E-state index in [1.165, 1.54) is 0 Å². The minimum absolute atomic E-state index is 0.180. The first-order valence-electron chi connectivity index (χ1n) is 5.59. The maximum absolute atomic E-state index is 11.1. The average molecular weight is 209 g/mol. The van der Waals surface area contributed by atoms with E-state index in [9.17, 15) is 4.79 Å². The Morgan fingerprint density at radius 3 is 2.47 bits per heavy atom. The van der Waals surface area contributed by atoms with Crippen LogP contribution in [0.25, 0.3) is 0 Å². The molecule has 0 spiro atoms. The molecule has 0 N–H and O–H groups in total. The largest absolute Gasteiger partial charge is 0.340 e. The SMILES string of the molecule is CC(=O)N1CCN(CCCCC#N)CC1. The van der Waals surface area contributed by atoms with E-state index in [4.69, 9.17) is 5.26 Å². The van der Waals surface area contributed by atoms with E-state index in [1.54, 1.807) is 6.92 Å². The van der Waals surface area contributed by atoms with E-state index in [2.05, 4.69) is 11.0 Å². The van der Waals surface area contributed by atoms with Crippen molar-refractivity contribution in [3.63, 3.8) is 0 Å². The summed E-state index contributed by atoms with van der Waals surface area (Å²) in [6.07, 6.45) is 2.74. The molecular formula is C11H19N3O. The van der Waals surface area contributed by atoms with Crippen LogP contribution < -0.4 is 0 Å². The monoisotopic (exact) mass is 209 g/mol. The fourth-order valence-electron chi connectivity index (χ4n) is 1.83. The zero-order valence-corrected chi connectivity index (χ0v) is 9.41. The van der Waals surface area contributed by atoms with Crippen molar-refractivity contribution in [3.05, 3.63) is 0 Å². The molecule has 1 amide bonds. The Morgan fingerprint density at radius 1 is 1.27 bits per heavy atom. The molecule has 0 unspecified atom stereocenters. The van der Waals surface area contributed by atoms with Crippen LogP contribution in [0.1, 0.15) is 26.2 Å². The molecule has 0 atom stereocenters. The lowest BCUT2D eigenvalue weighted by Crippen LogP contribution is -2.48. The normalized spacial score (nSPS) is 17.5. The van der Waals surface area contributed by atoms with Gasteiger partial charge in [-0.3, -0.25) is 9.69 Å². The maximum atomic E-state index is 11.1. The Hall–Kier alpha value is -1.08. The molecule has 1 saturated heterocycles. The average Bonchev–Trinajstić information content (AvgIpc) is 2.25. The summed E-state index contributed by atoms with van der Waals surface area (Å²) in [5.74, 6) is 0.180. The number of piperazine rings is 1. The zero-order valence-electron chi connectivity index (χ0n) is 9.41. The molecule has 4 nitrogen and oxygen atoms in total. The van der Waals surface area contributed by atoms with E-state index in [-0.39, 0.29) is 5.91 Å². The van der Waals surface area contributed by atoms with Gasteiger partial charge in [-0.1, -0.05) is 0 Å². The third-order valence-corrected chi connectivity index (χ3v) is 2.83. The second-order valence-corrected chi connectivity index (χ2v) is 3.96. The van der Waals surface area contributed by atoms with Gasteiger partial charge in [-0.2, -0.15) is 5.26 Å². The molecule has 0 aromatic heterocycles. The Balaban J connectivity index is 2.10. The van der Waals surface area contributed by atoms with Crippen molar-refractivity contribution < 1.29 is 4.79 Å². The number of amides is 1. The van der Waals surface area contributed by atoms with Gasteiger partial charge in [-0.05, 0) is 19.4 Å². The summed E-state index contributed by atoms with van der Waals surface area (Å²) in [5, 5.41) is 8.39. The number of nitrogens with zero attached hydrogens (tertiary/aromatic N) is 3. The molecule has 1 heterocycles. The van der Waals surface area contributed by atoms with Crippen molar-refractivity contribution in [2.75, 3.05) is 32.7 Å². The van der Waals surface area contributed by atoms with Crippen LogP contribution in [-0.4, -0.2) is 48.4 Å². The first-order valence-corrected chi connectivity index (χ1v) is 5.59. The third-order valence-electron chi connectivity index (χ3n) is 2.83. The predicted octanol–water partition coefficient (Wildman–Crippen LogP) is 0.844. The van der Waals surface area contributed by atoms with Crippen LogP contribution in [0.2, 0.25) is 0 Å².